The number of rotatable bonds is 7. The van der Waals surface area contributed by atoms with Crippen molar-refractivity contribution in [3.05, 3.63) is 77.7 Å². The molecule has 2 fully saturated rings. The van der Waals surface area contributed by atoms with E-state index in [9.17, 15) is 13.2 Å². The van der Waals surface area contributed by atoms with Crippen LogP contribution in [-0.2, 0) is 26.4 Å². The lowest BCUT2D eigenvalue weighted by Gasteiger charge is -2.34. The van der Waals surface area contributed by atoms with Crippen LogP contribution in [-0.4, -0.2) is 60.0 Å². The van der Waals surface area contributed by atoms with Gasteiger partial charge in [0.15, 0.2) is 15.7 Å². The van der Waals surface area contributed by atoms with Crippen LogP contribution in [0.5, 0.6) is 0 Å². The molecule has 13 heteroatoms. The van der Waals surface area contributed by atoms with Crippen LogP contribution in [0.3, 0.4) is 0 Å². The number of sulfone groups is 1. The number of urea groups is 1. The van der Waals surface area contributed by atoms with Crippen LogP contribution in [0.2, 0.25) is 5.02 Å². The molecule has 0 spiro atoms. The Balaban J connectivity index is 1.34. The number of aromatic nitrogens is 4. The normalized spacial score (nSPS) is 18.0. The zero-order chi connectivity index (χ0) is 29.5. The van der Waals surface area contributed by atoms with Crippen LogP contribution >= 0.6 is 11.6 Å². The summed E-state index contributed by atoms with van der Waals surface area (Å²) in [5.41, 5.74) is 2.27. The number of carbonyl (C=O) groups is 1. The summed E-state index contributed by atoms with van der Waals surface area (Å²) in [5, 5.41) is 9.75. The number of ether oxygens (including phenoxy) is 1. The van der Waals surface area contributed by atoms with Crippen LogP contribution in [0.15, 0.2) is 71.9 Å². The molecular formula is C29H30ClN7O4S. The molecule has 2 N–H and O–H groups in total. The number of hydrogen-bond acceptors (Lipinski definition) is 8. The maximum atomic E-state index is 14.0. The van der Waals surface area contributed by atoms with E-state index < -0.39 is 20.6 Å². The van der Waals surface area contributed by atoms with Crippen LogP contribution in [0.1, 0.15) is 25.5 Å². The van der Waals surface area contributed by atoms with Crippen molar-refractivity contribution in [1.82, 2.24) is 19.7 Å². The maximum absolute atomic E-state index is 14.0. The van der Waals surface area contributed by atoms with Gasteiger partial charge in [0, 0.05) is 37.1 Å². The van der Waals surface area contributed by atoms with Crippen LogP contribution in [0, 0.1) is 0 Å². The molecule has 1 aliphatic heterocycles. The average Bonchev–Trinajstić information content (AvgIpc) is 3.71. The SMILES string of the molecule is C[C@H]1COCCN1c1cc(C2(S(=O)(=O)c3ccccc3Cl)CC2)nc(-c2ccc(NC(=O)Nc3cnn(C)c3)cc2)n1. The number of amides is 2. The predicted octanol–water partition coefficient (Wildman–Crippen LogP) is 4.86. The van der Waals surface area contributed by atoms with Crippen molar-refractivity contribution in [2.75, 3.05) is 35.3 Å². The van der Waals surface area contributed by atoms with E-state index >= 15 is 0 Å². The van der Waals surface area contributed by atoms with Gasteiger partial charge < -0.3 is 20.3 Å². The third kappa shape index (κ3) is 5.33. The van der Waals surface area contributed by atoms with E-state index in [1.165, 1.54) is 0 Å². The number of nitrogens with one attached hydrogen (secondary N) is 2. The highest BCUT2D eigenvalue weighted by Crippen LogP contribution is 2.56. The number of hydrogen-bond donors (Lipinski definition) is 2. The number of carbonyl (C=O) groups excluding carboxylic acids is 1. The fourth-order valence-corrected chi connectivity index (χ4v) is 7.61. The van der Waals surface area contributed by atoms with Crippen LogP contribution < -0.4 is 15.5 Å². The zero-order valence-electron chi connectivity index (χ0n) is 23.1. The zero-order valence-corrected chi connectivity index (χ0v) is 24.7. The maximum Gasteiger partial charge on any atom is 0.323 e. The van der Waals surface area contributed by atoms with Gasteiger partial charge >= 0.3 is 6.03 Å². The minimum atomic E-state index is -3.84. The largest absolute Gasteiger partial charge is 0.377 e. The minimum Gasteiger partial charge on any atom is -0.377 e. The first kappa shape index (κ1) is 28.1. The van der Waals surface area contributed by atoms with Gasteiger partial charge in [0.05, 0.1) is 46.8 Å². The Bertz CT molecular complexity index is 1740. The molecule has 6 rings (SSSR count). The summed E-state index contributed by atoms with van der Waals surface area (Å²) < 4.78 is 34.0. The standard InChI is InChI=1S/C29H30ClN7O4S/c1-19-18-41-14-13-37(19)26-15-25(29(11-12-29)42(39,40)24-6-4-3-5-23(24)30)34-27(35-26)20-7-9-21(10-8-20)32-28(38)33-22-16-31-36(2)17-22/h3-10,15-17,19H,11-14,18H2,1-2H3,(H2,32,33,38)/t19-/m0/s1. The van der Waals surface area contributed by atoms with E-state index in [4.69, 9.17) is 26.3 Å². The fourth-order valence-electron chi connectivity index (χ4n) is 5.14. The quantitative estimate of drug-likeness (QED) is 0.304. The highest BCUT2D eigenvalue weighted by atomic mass is 35.5. The summed E-state index contributed by atoms with van der Waals surface area (Å²) in [7, 11) is -2.08. The molecule has 4 aromatic rings. The second kappa shape index (κ2) is 11.0. The van der Waals surface area contributed by atoms with E-state index in [1.807, 2.05) is 6.92 Å². The molecule has 2 aromatic heterocycles. The number of morpholine rings is 1. The highest BCUT2D eigenvalue weighted by Gasteiger charge is 2.58. The van der Waals surface area contributed by atoms with Gasteiger partial charge in [-0.3, -0.25) is 4.68 Å². The molecule has 1 aliphatic carbocycles. The Kier molecular flexibility index (Phi) is 7.37. The summed E-state index contributed by atoms with van der Waals surface area (Å²) in [6, 6.07) is 15.1. The molecule has 2 aromatic carbocycles. The first-order chi connectivity index (χ1) is 20.2. The van der Waals surface area contributed by atoms with Crippen molar-refractivity contribution in [2.45, 2.75) is 35.4 Å². The lowest BCUT2D eigenvalue weighted by molar-refractivity contribution is 0.0985. The summed E-state index contributed by atoms with van der Waals surface area (Å²) in [6.45, 7) is 3.75. The number of aryl methyl sites for hydroxylation is 1. The number of nitrogens with zero attached hydrogens (tertiary/aromatic N) is 5. The Morgan fingerprint density at radius 3 is 2.48 bits per heavy atom. The van der Waals surface area contributed by atoms with Gasteiger partial charge in [0.1, 0.15) is 10.6 Å². The smallest absolute Gasteiger partial charge is 0.323 e. The second-order valence-corrected chi connectivity index (χ2v) is 13.2. The van der Waals surface area contributed by atoms with Crippen molar-refractivity contribution >= 4 is 44.7 Å². The molecular weight excluding hydrogens is 578 g/mol. The third-order valence-electron chi connectivity index (χ3n) is 7.55. The van der Waals surface area contributed by atoms with E-state index in [0.717, 1.165) is 0 Å². The molecule has 0 unspecified atom stereocenters. The second-order valence-electron chi connectivity index (χ2n) is 10.5. The molecule has 0 radical (unpaired) electrons. The van der Waals surface area contributed by atoms with Crippen molar-refractivity contribution < 1.29 is 17.9 Å². The van der Waals surface area contributed by atoms with Crippen molar-refractivity contribution in [3.8, 4) is 11.4 Å². The Morgan fingerprint density at radius 1 is 1.07 bits per heavy atom. The van der Waals surface area contributed by atoms with E-state index in [2.05, 4.69) is 20.6 Å². The van der Waals surface area contributed by atoms with E-state index in [-0.39, 0.29) is 16.0 Å². The lowest BCUT2D eigenvalue weighted by Crippen LogP contribution is -2.44. The van der Waals surface area contributed by atoms with Gasteiger partial charge in [0.25, 0.3) is 0 Å². The van der Waals surface area contributed by atoms with Gasteiger partial charge in [-0.05, 0) is 56.2 Å². The molecule has 11 nitrogen and oxygen atoms in total. The van der Waals surface area contributed by atoms with Gasteiger partial charge in [0.2, 0.25) is 0 Å². The molecule has 1 saturated heterocycles. The Morgan fingerprint density at radius 2 is 1.81 bits per heavy atom. The number of halogens is 1. The van der Waals surface area contributed by atoms with Crippen molar-refractivity contribution in [3.63, 3.8) is 0 Å². The summed E-state index contributed by atoms with van der Waals surface area (Å²) in [6.07, 6.45) is 4.12. The Labute approximate surface area is 248 Å². The summed E-state index contributed by atoms with van der Waals surface area (Å²) in [4.78, 5) is 24.3. The van der Waals surface area contributed by atoms with Gasteiger partial charge in [-0.1, -0.05) is 23.7 Å². The molecule has 2 aliphatic rings. The summed E-state index contributed by atoms with van der Waals surface area (Å²) >= 11 is 6.35. The van der Waals surface area contributed by atoms with Crippen molar-refractivity contribution in [2.24, 2.45) is 7.05 Å². The highest BCUT2D eigenvalue weighted by molar-refractivity contribution is 7.92. The molecule has 2 amide bonds. The summed E-state index contributed by atoms with van der Waals surface area (Å²) in [5.74, 6) is 1.04. The minimum absolute atomic E-state index is 0.0505. The molecule has 0 bridgehead atoms. The average molecular weight is 608 g/mol. The molecule has 42 heavy (non-hydrogen) atoms. The van der Waals surface area contributed by atoms with Gasteiger partial charge in [-0.15, -0.1) is 0 Å². The van der Waals surface area contributed by atoms with Gasteiger partial charge in [-0.2, -0.15) is 5.10 Å². The van der Waals surface area contributed by atoms with E-state index in [1.54, 1.807) is 78.7 Å². The van der Waals surface area contributed by atoms with Crippen LogP contribution in [0.25, 0.3) is 11.4 Å². The van der Waals surface area contributed by atoms with Gasteiger partial charge in [-0.25, -0.2) is 23.2 Å². The molecule has 1 saturated carbocycles. The molecule has 218 valence electrons. The first-order valence-corrected chi connectivity index (χ1v) is 15.4. The van der Waals surface area contributed by atoms with E-state index in [0.29, 0.717) is 66.9 Å². The lowest BCUT2D eigenvalue weighted by atomic mass is 10.1. The monoisotopic (exact) mass is 607 g/mol. The number of benzene rings is 2. The van der Waals surface area contributed by atoms with Crippen molar-refractivity contribution in [1.29, 1.82) is 0 Å². The topological polar surface area (TPSA) is 131 Å². The third-order valence-corrected chi connectivity index (χ3v) is 10.6. The fraction of sp³-hybridized carbons (Fsp3) is 0.310. The number of anilines is 3. The molecule has 3 heterocycles. The Hall–Kier alpha value is -4.00. The molecule has 1 atom stereocenters. The predicted molar refractivity (Wildman–Crippen MR) is 160 cm³/mol. The first-order valence-electron chi connectivity index (χ1n) is 13.6. The van der Waals surface area contributed by atoms with Crippen LogP contribution in [0.4, 0.5) is 22.0 Å².